The molecule has 1 fully saturated rings. The Hall–Kier alpha value is -2.27. The highest BCUT2D eigenvalue weighted by molar-refractivity contribution is 5.89. The number of fused-ring (bicyclic) bond motifs is 5. The second-order valence-electron chi connectivity index (χ2n) is 7.63. The summed E-state index contributed by atoms with van der Waals surface area (Å²) >= 11 is 0. The molecule has 0 radical (unpaired) electrons. The maximum atomic E-state index is 12.4. The Bertz CT molecular complexity index is 870. The lowest BCUT2D eigenvalue weighted by atomic mass is 9.74. The van der Waals surface area contributed by atoms with Crippen molar-refractivity contribution in [2.24, 2.45) is 11.8 Å². The lowest BCUT2D eigenvalue weighted by Crippen LogP contribution is -2.47. The number of para-hydroxylation sites is 1. The summed E-state index contributed by atoms with van der Waals surface area (Å²) < 4.78 is 10.3. The molecule has 0 unspecified atom stereocenters. The molecule has 0 bridgehead atoms. The molecule has 3 atom stereocenters. The molecule has 1 aromatic carbocycles. The Balaban J connectivity index is 1.73. The predicted octanol–water partition coefficient (Wildman–Crippen LogP) is 3.82. The van der Waals surface area contributed by atoms with E-state index in [1.54, 1.807) is 13.4 Å². The number of nitrogens with zero attached hydrogens (tertiary/aromatic N) is 1. The summed E-state index contributed by atoms with van der Waals surface area (Å²) in [7, 11) is 3.04. The molecule has 2 aromatic rings. The van der Waals surface area contributed by atoms with Gasteiger partial charge in [-0.05, 0) is 36.3 Å². The molecule has 0 aliphatic carbocycles. The molecule has 5 heteroatoms. The van der Waals surface area contributed by atoms with Crippen LogP contribution in [-0.2, 0) is 20.7 Å². The number of carbonyl (C=O) groups excluding carboxylic acids is 1. The summed E-state index contributed by atoms with van der Waals surface area (Å²) in [5.41, 5.74) is 4.63. The molecule has 1 aromatic heterocycles. The van der Waals surface area contributed by atoms with Crippen LogP contribution in [0.4, 0.5) is 0 Å². The normalized spacial score (nSPS) is 25.7. The molecular formula is C22H28N2O3. The largest absolute Gasteiger partial charge is 0.504 e. The minimum atomic E-state index is -0.276. The quantitative estimate of drug-likeness (QED) is 0.506. The van der Waals surface area contributed by atoms with E-state index in [0.29, 0.717) is 17.5 Å². The molecule has 0 amide bonds. The van der Waals surface area contributed by atoms with E-state index in [2.05, 4.69) is 41.1 Å². The van der Waals surface area contributed by atoms with E-state index >= 15 is 0 Å². The zero-order chi connectivity index (χ0) is 19.0. The summed E-state index contributed by atoms with van der Waals surface area (Å²) in [5.74, 6) is 0.287. The maximum Gasteiger partial charge on any atom is 0.337 e. The fourth-order valence-corrected chi connectivity index (χ4v) is 5.04. The van der Waals surface area contributed by atoms with Gasteiger partial charge in [0.05, 0.1) is 32.1 Å². The van der Waals surface area contributed by atoms with Crippen LogP contribution in [0.5, 0.6) is 0 Å². The molecule has 2 aliphatic heterocycles. The highest BCUT2D eigenvalue weighted by atomic mass is 16.5. The van der Waals surface area contributed by atoms with Gasteiger partial charge in [0.1, 0.15) is 0 Å². The molecule has 1 N–H and O–H groups in total. The van der Waals surface area contributed by atoms with Crippen molar-refractivity contribution in [3.05, 3.63) is 47.4 Å². The van der Waals surface area contributed by atoms with Gasteiger partial charge in [0.2, 0.25) is 0 Å². The summed E-state index contributed by atoms with van der Waals surface area (Å²) in [4.78, 5) is 18.7. The summed E-state index contributed by atoms with van der Waals surface area (Å²) in [6.45, 7) is 4.28. The number of hydrogen-bond acceptors (Lipinski definition) is 4. The summed E-state index contributed by atoms with van der Waals surface area (Å²) in [6, 6.07) is 8.85. The number of aromatic nitrogens is 1. The average Bonchev–Trinajstić information content (AvgIpc) is 3.09. The molecule has 3 heterocycles. The Kier molecular flexibility index (Phi) is 4.96. The molecule has 5 nitrogen and oxygen atoms in total. The molecule has 27 heavy (non-hydrogen) atoms. The van der Waals surface area contributed by atoms with Gasteiger partial charge in [-0.1, -0.05) is 31.5 Å². The number of nitrogens with one attached hydrogen (secondary N) is 1. The van der Waals surface area contributed by atoms with Gasteiger partial charge in [-0.2, -0.15) is 0 Å². The fourth-order valence-electron chi connectivity index (χ4n) is 5.04. The van der Waals surface area contributed by atoms with Crippen molar-refractivity contribution in [1.82, 2.24) is 9.88 Å². The predicted molar refractivity (Wildman–Crippen MR) is 105 cm³/mol. The second-order valence-corrected chi connectivity index (χ2v) is 7.63. The summed E-state index contributed by atoms with van der Waals surface area (Å²) in [5, 5.41) is 1.34. The SMILES string of the molecule is CC[C@@H]1CN2CCc3c([nH]c4ccccc34)[C@H]2C[C@@H]1/C(=C\OC)C(=O)OC. The third kappa shape index (κ3) is 3.04. The maximum absolute atomic E-state index is 12.4. The number of rotatable bonds is 4. The van der Waals surface area contributed by atoms with Crippen molar-refractivity contribution in [3.63, 3.8) is 0 Å². The van der Waals surface area contributed by atoms with E-state index < -0.39 is 0 Å². The smallest absolute Gasteiger partial charge is 0.337 e. The second kappa shape index (κ2) is 7.39. The van der Waals surface area contributed by atoms with Crippen molar-refractivity contribution in [3.8, 4) is 0 Å². The highest BCUT2D eigenvalue weighted by Crippen LogP contribution is 2.45. The Morgan fingerprint density at radius 3 is 2.89 bits per heavy atom. The van der Waals surface area contributed by atoms with Crippen molar-refractivity contribution in [2.45, 2.75) is 32.2 Å². The van der Waals surface area contributed by atoms with Crippen LogP contribution in [0.1, 0.15) is 37.1 Å². The Labute approximate surface area is 160 Å². The Morgan fingerprint density at radius 1 is 1.33 bits per heavy atom. The number of ether oxygens (including phenoxy) is 2. The first-order chi connectivity index (χ1) is 13.2. The number of H-pyrrole nitrogens is 1. The standard InChI is InChI=1S/C22H28N2O3/c1-4-14-12-24-10-9-16-15-7-5-6-8-19(15)23-21(16)20(24)11-17(14)18(13-26-2)22(25)27-3/h5-8,13-14,17,20,23H,4,9-12H2,1-3H3/b18-13+/t14-,17+,20-/m1/s1. The van der Waals surface area contributed by atoms with Crippen LogP contribution in [0.25, 0.3) is 10.9 Å². The van der Waals surface area contributed by atoms with Gasteiger partial charge in [0, 0.05) is 29.7 Å². The topological polar surface area (TPSA) is 54.6 Å². The van der Waals surface area contributed by atoms with Gasteiger partial charge in [0.25, 0.3) is 0 Å². The molecular weight excluding hydrogens is 340 g/mol. The van der Waals surface area contributed by atoms with Crippen molar-refractivity contribution >= 4 is 16.9 Å². The van der Waals surface area contributed by atoms with Gasteiger partial charge in [-0.15, -0.1) is 0 Å². The molecule has 144 valence electrons. The highest BCUT2D eigenvalue weighted by Gasteiger charge is 2.42. The number of benzene rings is 1. The number of piperidine rings is 1. The molecule has 0 spiro atoms. The molecule has 4 rings (SSSR count). The van der Waals surface area contributed by atoms with E-state index in [4.69, 9.17) is 9.47 Å². The number of hydrogen-bond donors (Lipinski definition) is 1. The number of esters is 1. The third-order valence-electron chi connectivity index (χ3n) is 6.37. The van der Waals surface area contributed by atoms with Crippen LogP contribution in [0.3, 0.4) is 0 Å². The zero-order valence-electron chi connectivity index (χ0n) is 16.3. The van der Waals surface area contributed by atoms with Crippen LogP contribution in [0.15, 0.2) is 36.1 Å². The van der Waals surface area contributed by atoms with Crippen LogP contribution in [0, 0.1) is 11.8 Å². The van der Waals surface area contributed by atoms with E-state index in [9.17, 15) is 4.79 Å². The third-order valence-corrected chi connectivity index (χ3v) is 6.37. The zero-order valence-corrected chi connectivity index (χ0v) is 16.3. The van der Waals surface area contributed by atoms with Crippen molar-refractivity contribution in [1.29, 1.82) is 0 Å². The van der Waals surface area contributed by atoms with E-state index in [1.807, 2.05) is 0 Å². The first-order valence-corrected chi connectivity index (χ1v) is 9.82. The van der Waals surface area contributed by atoms with Gasteiger partial charge >= 0.3 is 5.97 Å². The van der Waals surface area contributed by atoms with Crippen LogP contribution in [-0.4, -0.2) is 43.2 Å². The van der Waals surface area contributed by atoms with Crippen LogP contribution in [0.2, 0.25) is 0 Å². The van der Waals surface area contributed by atoms with E-state index in [-0.39, 0.29) is 11.9 Å². The summed E-state index contributed by atoms with van der Waals surface area (Å²) in [6.07, 6.45) is 4.60. The van der Waals surface area contributed by atoms with Crippen LogP contribution < -0.4 is 0 Å². The van der Waals surface area contributed by atoms with Crippen LogP contribution >= 0.6 is 0 Å². The number of methoxy groups -OCH3 is 2. The lowest BCUT2D eigenvalue weighted by Gasteiger charge is -2.46. The number of carbonyl (C=O) groups is 1. The first-order valence-electron chi connectivity index (χ1n) is 9.82. The van der Waals surface area contributed by atoms with E-state index in [1.165, 1.54) is 29.3 Å². The molecule has 2 aliphatic rings. The van der Waals surface area contributed by atoms with Crippen molar-refractivity contribution < 1.29 is 14.3 Å². The van der Waals surface area contributed by atoms with Gasteiger partial charge in [-0.3, -0.25) is 4.90 Å². The van der Waals surface area contributed by atoms with E-state index in [0.717, 1.165) is 32.4 Å². The van der Waals surface area contributed by atoms with Gasteiger partial charge < -0.3 is 14.5 Å². The first kappa shape index (κ1) is 18.1. The monoisotopic (exact) mass is 368 g/mol. The molecule has 0 saturated carbocycles. The minimum absolute atomic E-state index is 0.140. The van der Waals surface area contributed by atoms with Gasteiger partial charge in [-0.25, -0.2) is 4.79 Å². The lowest BCUT2D eigenvalue weighted by molar-refractivity contribution is -0.137. The number of aromatic amines is 1. The van der Waals surface area contributed by atoms with Crippen molar-refractivity contribution in [2.75, 3.05) is 27.3 Å². The Morgan fingerprint density at radius 2 is 2.15 bits per heavy atom. The average molecular weight is 368 g/mol. The van der Waals surface area contributed by atoms with Gasteiger partial charge in [0.15, 0.2) is 0 Å². The fraction of sp³-hybridized carbons (Fsp3) is 0.500. The molecule has 1 saturated heterocycles. The minimum Gasteiger partial charge on any atom is -0.504 e.